The van der Waals surface area contributed by atoms with E-state index in [9.17, 15) is 14.2 Å². The highest BCUT2D eigenvalue weighted by atomic mass is 31.2. The molecule has 2 amide bonds. The monoisotopic (exact) mass is 238 g/mol. The molecule has 0 atom stereocenters. The first kappa shape index (κ1) is 14.1. The lowest BCUT2D eigenvalue weighted by Gasteiger charge is -2.24. The molecule has 0 aromatic carbocycles. The van der Waals surface area contributed by atoms with Gasteiger partial charge in [-0.25, -0.2) is 9.24 Å². The van der Waals surface area contributed by atoms with E-state index >= 15 is 0 Å². The zero-order valence-corrected chi connectivity index (χ0v) is 9.82. The van der Waals surface area contributed by atoms with E-state index in [0.29, 0.717) is 4.67 Å². The predicted molar refractivity (Wildman–Crippen MR) is 52.8 cm³/mol. The zero-order chi connectivity index (χ0) is 12.1. The third kappa shape index (κ3) is 3.62. The predicted octanol–water partition coefficient (Wildman–Crippen LogP) is 0.111. The molecule has 0 spiro atoms. The molecular formula is C7H15N2O5P. The number of nitrogens with two attached hydrogens (primary N) is 1. The van der Waals surface area contributed by atoms with Gasteiger partial charge in [-0.15, -0.1) is 0 Å². The minimum atomic E-state index is -3.74. The van der Waals surface area contributed by atoms with Gasteiger partial charge in [0.05, 0.1) is 13.2 Å². The topological polar surface area (TPSA) is 98.9 Å². The number of nitrogens with zero attached hydrogens (tertiary/aromatic N) is 1. The van der Waals surface area contributed by atoms with Crippen molar-refractivity contribution in [1.82, 2.24) is 4.67 Å². The average Bonchev–Trinajstić information content (AvgIpc) is 2.16. The average molecular weight is 238 g/mol. The number of carbonyl (C=O) groups excluding carboxylic acids is 2. The number of likely N-dealkylation sites (N-methyl/N-ethyl adjacent to an activating group) is 1. The van der Waals surface area contributed by atoms with Gasteiger partial charge >= 0.3 is 19.6 Å². The lowest BCUT2D eigenvalue weighted by atomic mass is 10.6. The molecule has 0 aliphatic heterocycles. The van der Waals surface area contributed by atoms with Crippen LogP contribution in [0.4, 0.5) is 0 Å². The van der Waals surface area contributed by atoms with E-state index in [-0.39, 0.29) is 13.2 Å². The minimum Gasteiger partial charge on any atom is -0.361 e. The Hall–Kier alpha value is -0.910. The lowest BCUT2D eigenvalue weighted by Crippen LogP contribution is -2.36. The normalized spacial score (nSPS) is 11.1. The van der Waals surface area contributed by atoms with Gasteiger partial charge in [0, 0.05) is 7.05 Å². The smallest absolute Gasteiger partial charge is 0.361 e. The van der Waals surface area contributed by atoms with Crippen molar-refractivity contribution >= 4 is 19.6 Å². The van der Waals surface area contributed by atoms with Crippen molar-refractivity contribution in [2.24, 2.45) is 5.73 Å². The molecule has 0 radical (unpaired) electrons. The van der Waals surface area contributed by atoms with Gasteiger partial charge in [0.15, 0.2) is 0 Å². The first-order valence-corrected chi connectivity index (χ1v) is 5.85. The number of primary amides is 1. The standard InChI is InChI=1S/C7H15N2O5P/c1-4-13-15(12,14-5-2)9(3)7(11)6(8)10/h4-5H2,1-3H3,(H2,8,10). The van der Waals surface area contributed by atoms with Gasteiger partial charge in [-0.1, -0.05) is 0 Å². The maximum absolute atomic E-state index is 11.9. The second-order valence-corrected chi connectivity index (χ2v) is 4.55. The van der Waals surface area contributed by atoms with Gasteiger partial charge in [-0.2, -0.15) is 0 Å². The molecule has 0 heterocycles. The molecule has 0 aliphatic carbocycles. The van der Waals surface area contributed by atoms with E-state index in [2.05, 4.69) is 0 Å². The summed E-state index contributed by atoms with van der Waals surface area (Å²) in [6, 6.07) is 0. The van der Waals surface area contributed by atoms with Gasteiger partial charge in [0.1, 0.15) is 0 Å². The van der Waals surface area contributed by atoms with Crippen LogP contribution in [0, 0.1) is 0 Å². The second kappa shape index (κ2) is 5.85. The number of hydrogen-bond acceptors (Lipinski definition) is 5. The van der Waals surface area contributed by atoms with Crippen LogP contribution in [0.5, 0.6) is 0 Å². The fourth-order valence-corrected chi connectivity index (χ4v) is 2.20. The molecule has 88 valence electrons. The lowest BCUT2D eigenvalue weighted by molar-refractivity contribution is -0.141. The maximum atomic E-state index is 11.9. The summed E-state index contributed by atoms with van der Waals surface area (Å²) in [6.07, 6.45) is 0. The van der Waals surface area contributed by atoms with Crippen LogP contribution in [0.2, 0.25) is 0 Å². The summed E-state index contributed by atoms with van der Waals surface area (Å²) in [6.45, 7) is 3.36. The van der Waals surface area contributed by atoms with E-state index in [0.717, 1.165) is 7.05 Å². The van der Waals surface area contributed by atoms with E-state index in [4.69, 9.17) is 14.8 Å². The molecule has 15 heavy (non-hydrogen) atoms. The van der Waals surface area contributed by atoms with Crippen LogP contribution in [0.1, 0.15) is 13.8 Å². The summed E-state index contributed by atoms with van der Waals surface area (Å²) in [4.78, 5) is 21.8. The third-order valence-corrected chi connectivity index (χ3v) is 3.54. The van der Waals surface area contributed by atoms with Gasteiger partial charge in [-0.05, 0) is 13.8 Å². The molecule has 0 rings (SSSR count). The number of amides is 2. The third-order valence-electron chi connectivity index (χ3n) is 1.46. The Labute approximate surface area is 88.1 Å². The Bertz CT molecular complexity index is 283. The second-order valence-electron chi connectivity index (χ2n) is 2.50. The van der Waals surface area contributed by atoms with E-state index in [1.807, 2.05) is 0 Å². The van der Waals surface area contributed by atoms with Crippen LogP contribution < -0.4 is 5.73 Å². The Morgan fingerprint density at radius 3 is 1.93 bits per heavy atom. The van der Waals surface area contributed by atoms with Gasteiger partial charge in [0.2, 0.25) is 0 Å². The summed E-state index contributed by atoms with van der Waals surface area (Å²) in [5.74, 6) is -2.32. The zero-order valence-electron chi connectivity index (χ0n) is 8.93. The van der Waals surface area contributed by atoms with E-state index in [1.54, 1.807) is 13.8 Å². The Morgan fingerprint density at radius 2 is 1.67 bits per heavy atom. The van der Waals surface area contributed by atoms with Crippen molar-refractivity contribution in [1.29, 1.82) is 0 Å². The first-order chi connectivity index (χ1) is 6.89. The van der Waals surface area contributed by atoms with Gasteiger partial charge in [-0.3, -0.25) is 18.6 Å². The van der Waals surface area contributed by atoms with Crippen molar-refractivity contribution in [3.8, 4) is 0 Å². The van der Waals surface area contributed by atoms with Crippen LogP contribution in [0.25, 0.3) is 0 Å². The van der Waals surface area contributed by atoms with Crippen LogP contribution >= 0.6 is 7.75 Å². The molecule has 0 fully saturated rings. The quantitative estimate of drug-likeness (QED) is 0.541. The molecule has 0 aromatic heterocycles. The molecule has 0 saturated heterocycles. The summed E-state index contributed by atoms with van der Waals surface area (Å²) in [5.41, 5.74) is 4.76. The molecule has 0 aromatic rings. The first-order valence-electron chi connectivity index (χ1n) is 4.36. The summed E-state index contributed by atoms with van der Waals surface area (Å²) >= 11 is 0. The summed E-state index contributed by atoms with van der Waals surface area (Å²) < 4.78 is 22.2. The van der Waals surface area contributed by atoms with Crippen LogP contribution in [-0.4, -0.2) is 36.7 Å². The highest BCUT2D eigenvalue weighted by Gasteiger charge is 2.36. The molecule has 7 nitrogen and oxygen atoms in total. The van der Waals surface area contributed by atoms with Crippen LogP contribution in [0.15, 0.2) is 0 Å². The molecule has 0 aliphatic rings. The summed E-state index contributed by atoms with van der Waals surface area (Å²) in [7, 11) is -2.60. The van der Waals surface area contributed by atoms with E-state index < -0.39 is 19.6 Å². The van der Waals surface area contributed by atoms with Crippen molar-refractivity contribution in [2.45, 2.75) is 13.8 Å². The van der Waals surface area contributed by atoms with Gasteiger partial charge < -0.3 is 5.73 Å². The molecular weight excluding hydrogens is 223 g/mol. The molecule has 0 saturated carbocycles. The molecule has 0 unspecified atom stereocenters. The molecule has 0 bridgehead atoms. The van der Waals surface area contributed by atoms with Crippen molar-refractivity contribution in [3.05, 3.63) is 0 Å². The fourth-order valence-electron chi connectivity index (χ4n) is 0.807. The van der Waals surface area contributed by atoms with Gasteiger partial charge in [0.25, 0.3) is 0 Å². The SMILES string of the molecule is CCOP(=O)(OCC)N(C)C(=O)C(N)=O. The Kier molecular flexibility index (Phi) is 5.49. The minimum absolute atomic E-state index is 0.0909. The van der Waals surface area contributed by atoms with Crippen LogP contribution in [-0.2, 0) is 23.2 Å². The fraction of sp³-hybridized carbons (Fsp3) is 0.714. The Morgan fingerprint density at radius 1 is 1.27 bits per heavy atom. The highest BCUT2D eigenvalue weighted by molar-refractivity contribution is 7.52. The maximum Gasteiger partial charge on any atom is 0.437 e. The van der Waals surface area contributed by atoms with Crippen molar-refractivity contribution in [2.75, 3.05) is 20.3 Å². The molecule has 8 heteroatoms. The number of hydrogen-bond donors (Lipinski definition) is 1. The van der Waals surface area contributed by atoms with E-state index in [1.165, 1.54) is 0 Å². The summed E-state index contributed by atoms with van der Waals surface area (Å²) in [5, 5.41) is 0. The highest BCUT2D eigenvalue weighted by Crippen LogP contribution is 2.50. The van der Waals surface area contributed by atoms with Crippen LogP contribution in [0.3, 0.4) is 0 Å². The van der Waals surface area contributed by atoms with Crippen molar-refractivity contribution < 1.29 is 23.2 Å². The largest absolute Gasteiger partial charge is 0.437 e. The molecule has 2 N–H and O–H groups in total. The number of carbonyl (C=O) groups is 2. The number of rotatable bonds is 5. The van der Waals surface area contributed by atoms with Crippen molar-refractivity contribution in [3.63, 3.8) is 0 Å². The Balaban J connectivity index is 4.84.